The maximum atomic E-state index is 9.72. The molecule has 2 heteroatoms. The van der Waals surface area contributed by atoms with Gasteiger partial charge in [-0.25, -0.2) is 0 Å². The van der Waals surface area contributed by atoms with E-state index in [4.69, 9.17) is 0 Å². The van der Waals surface area contributed by atoms with E-state index in [9.17, 15) is 10.2 Å². The van der Waals surface area contributed by atoms with E-state index in [0.29, 0.717) is 11.5 Å². The van der Waals surface area contributed by atoms with Gasteiger partial charge in [-0.05, 0) is 31.4 Å². The summed E-state index contributed by atoms with van der Waals surface area (Å²) in [6.07, 6.45) is 1.51. The van der Waals surface area contributed by atoms with Crippen LogP contribution in [0.15, 0.2) is 6.07 Å². The maximum Gasteiger partial charge on any atom is 0.122 e. The molecule has 1 rings (SSSR count). The summed E-state index contributed by atoms with van der Waals surface area (Å²) >= 11 is 0. The standard InChI is InChI=1S/C11H16O2/c1-4-8-9(5-2)11(13)7(3)6-10(8)12/h6,12-13H,4-5H2,1-3H3. The highest BCUT2D eigenvalue weighted by Gasteiger charge is 2.11. The van der Waals surface area contributed by atoms with Crippen molar-refractivity contribution in [1.29, 1.82) is 0 Å². The van der Waals surface area contributed by atoms with E-state index >= 15 is 0 Å². The second-order valence-corrected chi connectivity index (χ2v) is 3.23. The number of hydrogen-bond acceptors (Lipinski definition) is 2. The van der Waals surface area contributed by atoms with Crippen LogP contribution in [0.3, 0.4) is 0 Å². The lowest BCUT2D eigenvalue weighted by atomic mass is 9.98. The number of aryl methyl sites for hydroxylation is 1. The Balaban J connectivity index is 3.41. The van der Waals surface area contributed by atoms with Gasteiger partial charge < -0.3 is 10.2 Å². The van der Waals surface area contributed by atoms with Crippen LogP contribution in [-0.2, 0) is 12.8 Å². The predicted octanol–water partition coefficient (Wildman–Crippen LogP) is 2.53. The van der Waals surface area contributed by atoms with Crippen molar-refractivity contribution in [1.82, 2.24) is 0 Å². The fourth-order valence-corrected chi connectivity index (χ4v) is 1.67. The van der Waals surface area contributed by atoms with Gasteiger partial charge in [0.25, 0.3) is 0 Å². The second-order valence-electron chi connectivity index (χ2n) is 3.23. The van der Waals surface area contributed by atoms with Gasteiger partial charge in [0, 0.05) is 11.1 Å². The van der Waals surface area contributed by atoms with Crippen LogP contribution in [0.25, 0.3) is 0 Å². The first-order valence-electron chi connectivity index (χ1n) is 4.65. The molecule has 72 valence electrons. The van der Waals surface area contributed by atoms with Gasteiger partial charge >= 0.3 is 0 Å². The Morgan fingerprint density at radius 3 is 2.08 bits per heavy atom. The van der Waals surface area contributed by atoms with E-state index in [2.05, 4.69) is 0 Å². The third-order valence-corrected chi connectivity index (χ3v) is 2.39. The van der Waals surface area contributed by atoms with Crippen LogP contribution in [0, 0.1) is 6.92 Å². The highest BCUT2D eigenvalue weighted by Crippen LogP contribution is 2.33. The summed E-state index contributed by atoms with van der Waals surface area (Å²) in [4.78, 5) is 0. The van der Waals surface area contributed by atoms with Crippen LogP contribution in [0.4, 0.5) is 0 Å². The molecule has 0 aliphatic rings. The summed E-state index contributed by atoms with van der Waals surface area (Å²) in [6.45, 7) is 5.75. The van der Waals surface area contributed by atoms with Crippen molar-refractivity contribution in [2.45, 2.75) is 33.6 Å². The maximum absolute atomic E-state index is 9.72. The monoisotopic (exact) mass is 180 g/mol. The summed E-state index contributed by atoms with van der Waals surface area (Å²) in [6, 6.07) is 1.62. The summed E-state index contributed by atoms with van der Waals surface area (Å²) in [5, 5.41) is 19.3. The molecule has 0 aliphatic heterocycles. The molecule has 1 aromatic carbocycles. The molecule has 0 heterocycles. The van der Waals surface area contributed by atoms with Crippen molar-refractivity contribution < 1.29 is 10.2 Å². The van der Waals surface area contributed by atoms with Crippen LogP contribution in [0.5, 0.6) is 11.5 Å². The van der Waals surface area contributed by atoms with Gasteiger partial charge in [-0.2, -0.15) is 0 Å². The lowest BCUT2D eigenvalue weighted by Gasteiger charge is -2.12. The fraction of sp³-hybridized carbons (Fsp3) is 0.455. The minimum Gasteiger partial charge on any atom is -0.508 e. The van der Waals surface area contributed by atoms with Crippen molar-refractivity contribution in [3.05, 3.63) is 22.8 Å². The number of phenols is 2. The van der Waals surface area contributed by atoms with Crippen LogP contribution in [0.2, 0.25) is 0 Å². The molecule has 0 aromatic heterocycles. The minimum atomic E-state index is 0.301. The van der Waals surface area contributed by atoms with Gasteiger partial charge in [-0.3, -0.25) is 0 Å². The highest BCUT2D eigenvalue weighted by atomic mass is 16.3. The molecule has 0 fully saturated rings. The zero-order valence-corrected chi connectivity index (χ0v) is 8.39. The Morgan fingerprint density at radius 1 is 1.08 bits per heavy atom. The lowest BCUT2D eigenvalue weighted by Crippen LogP contribution is -1.94. The summed E-state index contributed by atoms with van der Waals surface area (Å²) in [5.74, 6) is 0.631. The van der Waals surface area contributed by atoms with E-state index in [0.717, 1.165) is 29.5 Å². The number of aromatic hydroxyl groups is 2. The molecule has 0 amide bonds. The molecule has 0 aliphatic carbocycles. The molecule has 0 radical (unpaired) electrons. The topological polar surface area (TPSA) is 40.5 Å². The van der Waals surface area contributed by atoms with Gasteiger partial charge in [0.2, 0.25) is 0 Å². The Bertz CT molecular complexity index is 316. The molecular formula is C11H16O2. The van der Waals surface area contributed by atoms with E-state index in [1.165, 1.54) is 0 Å². The van der Waals surface area contributed by atoms with E-state index in [-0.39, 0.29) is 0 Å². The average Bonchev–Trinajstić information content (AvgIpc) is 2.10. The average molecular weight is 180 g/mol. The van der Waals surface area contributed by atoms with Gasteiger partial charge in [0.15, 0.2) is 0 Å². The Morgan fingerprint density at radius 2 is 1.62 bits per heavy atom. The largest absolute Gasteiger partial charge is 0.508 e. The summed E-state index contributed by atoms with van der Waals surface area (Å²) in [5.41, 5.74) is 2.48. The number of hydrogen-bond donors (Lipinski definition) is 2. The van der Waals surface area contributed by atoms with Gasteiger partial charge in [-0.15, -0.1) is 0 Å². The highest BCUT2D eigenvalue weighted by molar-refractivity contribution is 5.52. The van der Waals surface area contributed by atoms with Crippen molar-refractivity contribution in [2.24, 2.45) is 0 Å². The molecule has 0 spiro atoms. The van der Waals surface area contributed by atoms with Crippen molar-refractivity contribution >= 4 is 0 Å². The first kappa shape index (κ1) is 9.90. The Hall–Kier alpha value is -1.18. The van der Waals surface area contributed by atoms with Crippen LogP contribution in [-0.4, -0.2) is 10.2 Å². The first-order chi connectivity index (χ1) is 6.11. The third-order valence-electron chi connectivity index (χ3n) is 2.39. The zero-order chi connectivity index (χ0) is 10.0. The molecule has 0 saturated heterocycles. The van der Waals surface area contributed by atoms with Crippen LogP contribution in [0.1, 0.15) is 30.5 Å². The van der Waals surface area contributed by atoms with E-state index in [1.54, 1.807) is 13.0 Å². The van der Waals surface area contributed by atoms with Gasteiger partial charge in [-0.1, -0.05) is 13.8 Å². The van der Waals surface area contributed by atoms with E-state index < -0.39 is 0 Å². The molecule has 1 aromatic rings. The van der Waals surface area contributed by atoms with Crippen molar-refractivity contribution in [3.8, 4) is 11.5 Å². The number of rotatable bonds is 2. The molecule has 2 N–H and O–H groups in total. The van der Waals surface area contributed by atoms with E-state index in [1.807, 2.05) is 13.8 Å². The minimum absolute atomic E-state index is 0.301. The van der Waals surface area contributed by atoms with Crippen molar-refractivity contribution in [2.75, 3.05) is 0 Å². The molecule has 0 saturated carbocycles. The molecule has 0 atom stereocenters. The molecule has 2 nitrogen and oxygen atoms in total. The number of phenolic OH excluding ortho intramolecular Hbond substituents is 2. The van der Waals surface area contributed by atoms with Crippen LogP contribution >= 0.6 is 0 Å². The molecule has 0 unspecified atom stereocenters. The fourth-order valence-electron chi connectivity index (χ4n) is 1.67. The second kappa shape index (κ2) is 3.69. The SMILES string of the molecule is CCc1c(O)cc(C)c(O)c1CC. The van der Waals surface area contributed by atoms with Gasteiger partial charge in [0.1, 0.15) is 11.5 Å². The Kier molecular flexibility index (Phi) is 2.81. The lowest BCUT2D eigenvalue weighted by molar-refractivity contribution is 0.445. The summed E-state index contributed by atoms with van der Waals surface area (Å²) < 4.78 is 0. The quantitative estimate of drug-likeness (QED) is 0.686. The zero-order valence-electron chi connectivity index (χ0n) is 8.39. The van der Waals surface area contributed by atoms with Crippen molar-refractivity contribution in [3.63, 3.8) is 0 Å². The normalized spacial score (nSPS) is 10.4. The predicted molar refractivity (Wildman–Crippen MR) is 53.3 cm³/mol. The molecule has 0 bridgehead atoms. The summed E-state index contributed by atoms with van der Waals surface area (Å²) in [7, 11) is 0. The Labute approximate surface area is 78.8 Å². The third kappa shape index (κ3) is 1.62. The molecule has 13 heavy (non-hydrogen) atoms. The smallest absolute Gasteiger partial charge is 0.122 e. The van der Waals surface area contributed by atoms with Gasteiger partial charge in [0.05, 0.1) is 0 Å². The van der Waals surface area contributed by atoms with Crippen LogP contribution < -0.4 is 0 Å². The number of benzene rings is 1. The first-order valence-corrected chi connectivity index (χ1v) is 4.65. The molecular weight excluding hydrogens is 164 g/mol.